The molecule has 0 heterocycles. The van der Waals surface area contributed by atoms with Crippen LogP contribution in [0.1, 0.15) is 13.3 Å². The number of nitrogens with one attached hydrogen (secondary N) is 1. The summed E-state index contributed by atoms with van der Waals surface area (Å²) in [7, 11) is -1.39. The van der Waals surface area contributed by atoms with Gasteiger partial charge in [0.25, 0.3) is 0 Å². The molecule has 0 saturated carbocycles. The van der Waals surface area contributed by atoms with Gasteiger partial charge in [0.1, 0.15) is 10.7 Å². The first kappa shape index (κ1) is 16.7. The third-order valence-corrected chi connectivity index (χ3v) is 4.25. The molecule has 0 aliphatic heterocycles. The second-order valence-corrected chi connectivity index (χ2v) is 5.85. The molecule has 20 heavy (non-hydrogen) atoms. The standard InChI is InChI=1S/C12H18FNO5S/c1-8(4-5-15)14-20(16,17)12-7-11(19-3)10(18-2)6-9(12)13/h6-8,14-15H,4-5H2,1-3H3. The number of benzene rings is 1. The average molecular weight is 307 g/mol. The Labute approximate surface area is 117 Å². The molecule has 2 N–H and O–H groups in total. The summed E-state index contributed by atoms with van der Waals surface area (Å²) < 4.78 is 50.2. The minimum Gasteiger partial charge on any atom is -0.493 e. The summed E-state index contributed by atoms with van der Waals surface area (Å²) in [6.07, 6.45) is 0.230. The topological polar surface area (TPSA) is 84.9 Å². The SMILES string of the molecule is COc1cc(F)c(S(=O)(=O)NC(C)CCO)cc1OC. The van der Waals surface area contributed by atoms with Crippen LogP contribution in [0, 0.1) is 5.82 Å². The summed E-state index contributed by atoms with van der Waals surface area (Å²) in [5.41, 5.74) is 0. The van der Waals surface area contributed by atoms with E-state index in [2.05, 4.69) is 4.72 Å². The molecule has 1 atom stereocenters. The van der Waals surface area contributed by atoms with E-state index in [1.54, 1.807) is 6.92 Å². The zero-order valence-corrected chi connectivity index (χ0v) is 12.3. The Kier molecular flexibility index (Phi) is 5.73. The van der Waals surface area contributed by atoms with Crippen molar-refractivity contribution in [1.82, 2.24) is 4.72 Å². The van der Waals surface area contributed by atoms with Crippen molar-refractivity contribution in [3.8, 4) is 11.5 Å². The van der Waals surface area contributed by atoms with E-state index in [0.717, 1.165) is 12.1 Å². The highest BCUT2D eigenvalue weighted by molar-refractivity contribution is 7.89. The second-order valence-electron chi connectivity index (χ2n) is 4.17. The molecule has 0 aliphatic rings. The summed E-state index contributed by atoms with van der Waals surface area (Å²) in [4.78, 5) is -0.528. The molecule has 1 unspecified atom stereocenters. The number of rotatable bonds is 7. The quantitative estimate of drug-likeness (QED) is 0.781. The van der Waals surface area contributed by atoms with Gasteiger partial charge in [-0.25, -0.2) is 17.5 Å². The van der Waals surface area contributed by atoms with Gasteiger partial charge in [-0.3, -0.25) is 0 Å². The van der Waals surface area contributed by atoms with Crippen LogP contribution >= 0.6 is 0 Å². The van der Waals surface area contributed by atoms with Crippen LogP contribution in [-0.2, 0) is 10.0 Å². The highest BCUT2D eigenvalue weighted by Gasteiger charge is 2.24. The Morgan fingerprint density at radius 2 is 1.85 bits per heavy atom. The molecule has 0 fully saturated rings. The summed E-state index contributed by atoms with van der Waals surface area (Å²) >= 11 is 0. The first-order valence-electron chi connectivity index (χ1n) is 5.90. The van der Waals surface area contributed by atoms with Crippen LogP contribution in [0.4, 0.5) is 4.39 Å². The summed E-state index contributed by atoms with van der Waals surface area (Å²) in [6.45, 7) is 1.41. The number of halogens is 1. The number of sulfonamides is 1. The molecule has 0 radical (unpaired) electrons. The van der Waals surface area contributed by atoms with E-state index in [1.807, 2.05) is 0 Å². The maximum Gasteiger partial charge on any atom is 0.243 e. The first-order valence-corrected chi connectivity index (χ1v) is 7.38. The molecule has 0 aliphatic carbocycles. The number of methoxy groups -OCH3 is 2. The van der Waals surface area contributed by atoms with Crippen LogP contribution in [-0.4, -0.2) is 40.4 Å². The third kappa shape index (κ3) is 3.81. The van der Waals surface area contributed by atoms with Gasteiger partial charge in [-0.2, -0.15) is 0 Å². The molecule has 1 rings (SSSR count). The fourth-order valence-corrected chi connectivity index (χ4v) is 2.97. The molecule has 8 heteroatoms. The number of aliphatic hydroxyl groups excluding tert-OH is 1. The van der Waals surface area contributed by atoms with Crippen molar-refractivity contribution < 1.29 is 27.4 Å². The van der Waals surface area contributed by atoms with E-state index in [9.17, 15) is 12.8 Å². The third-order valence-electron chi connectivity index (χ3n) is 2.65. The zero-order chi connectivity index (χ0) is 15.3. The lowest BCUT2D eigenvalue weighted by Crippen LogP contribution is -2.33. The van der Waals surface area contributed by atoms with Crippen molar-refractivity contribution in [2.75, 3.05) is 20.8 Å². The van der Waals surface area contributed by atoms with Gasteiger partial charge in [-0.15, -0.1) is 0 Å². The van der Waals surface area contributed by atoms with Crippen LogP contribution in [0.25, 0.3) is 0 Å². The summed E-state index contributed by atoms with van der Waals surface area (Å²) in [5, 5.41) is 8.76. The van der Waals surface area contributed by atoms with Crippen LogP contribution < -0.4 is 14.2 Å². The monoisotopic (exact) mass is 307 g/mol. The number of ether oxygens (including phenoxy) is 2. The van der Waals surface area contributed by atoms with E-state index in [-0.39, 0.29) is 24.5 Å². The molecule has 0 saturated heterocycles. The van der Waals surface area contributed by atoms with Gasteiger partial charge in [0, 0.05) is 24.8 Å². The first-order chi connectivity index (χ1) is 9.35. The van der Waals surface area contributed by atoms with Crippen molar-refractivity contribution in [3.63, 3.8) is 0 Å². The van der Waals surface area contributed by atoms with Gasteiger partial charge in [0.05, 0.1) is 14.2 Å². The Hall–Kier alpha value is -1.38. The molecule has 0 spiro atoms. The predicted molar refractivity (Wildman–Crippen MR) is 71.0 cm³/mol. The van der Waals surface area contributed by atoms with Gasteiger partial charge in [-0.1, -0.05) is 0 Å². The van der Waals surface area contributed by atoms with E-state index in [0.29, 0.717) is 0 Å². The van der Waals surface area contributed by atoms with Crippen LogP contribution in [0.2, 0.25) is 0 Å². The smallest absolute Gasteiger partial charge is 0.243 e. The molecule has 0 bridgehead atoms. The molecule has 1 aromatic carbocycles. The lowest BCUT2D eigenvalue weighted by atomic mass is 10.3. The van der Waals surface area contributed by atoms with Gasteiger partial charge in [0.2, 0.25) is 10.0 Å². The number of hydrogen-bond acceptors (Lipinski definition) is 5. The lowest BCUT2D eigenvalue weighted by molar-refractivity contribution is 0.275. The minimum atomic E-state index is -4.04. The predicted octanol–water partition coefficient (Wildman–Crippen LogP) is 0.892. The molecular formula is C12H18FNO5S. The average Bonchev–Trinajstić information content (AvgIpc) is 2.37. The van der Waals surface area contributed by atoms with Gasteiger partial charge in [-0.05, 0) is 13.3 Å². The minimum absolute atomic E-state index is 0.104. The Morgan fingerprint density at radius 1 is 1.30 bits per heavy atom. The lowest BCUT2D eigenvalue weighted by Gasteiger charge is -2.15. The largest absolute Gasteiger partial charge is 0.493 e. The van der Waals surface area contributed by atoms with Crippen LogP contribution in [0.5, 0.6) is 11.5 Å². The molecule has 0 aromatic heterocycles. The van der Waals surface area contributed by atoms with Crippen molar-refractivity contribution in [1.29, 1.82) is 0 Å². The summed E-state index contributed by atoms with van der Waals surface area (Å²) in [6, 6.07) is 1.49. The molecule has 6 nitrogen and oxygen atoms in total. The van der Waals surface area contributed by atoms with E-state index >= 15 is 0 Å². The fourth-order valence-electron chi connectivity index (χ4n) is 1.62. The van der Waals surface area contributed by atoms with Crippen LogP contribution in [0.3, 0.4) is 0 Å². The number of aliphatic hydroxyl groups is 1. The van der Waals surface area contributed by atoms with E-state index < -0.39 is 26.8 Å². The fraction of sp³-hybridized carbons (Fsp3) is 0.500. The van der Waals surface area contributed by atoms with Crippen LogP contribution in [0.15, 0.2) is 17.0 Å². The number of hydrogen-bond donors (Lipinski definition) is 2. The highest BCUT2D eigenvalue weighted by atomic mass is 32.2. The van der Waals surface area contributed by atoms with Crippen molar-refractivity contribution in [2.45, 2.75) is 24.3 Å². The second kappa shape index (κ2) is 6.87. The van der Waals surface area contributed by atoms with Crippen molar-refractivity contribution in [2.24, 2.45) is 0 Å². The maximum absolute atomic E-state index is 13.9. The Balaban J connectivity index is 3.18. The van der Waals surface area contributed by atoms with Gasteiger partial charge >= 0.3 is 0 Å². The molecular weight excluding hydrogens is 289 g/mol. The summed E-state index contributed by atoms with van der Waals surface area (Å²) in [5.74, 6) is -0.720. The Morgan fingerprint density at radius 3 is 2.35 bits per heavy atom. The Bertz CT molecular complexity index is 561. The normalized spacial score (nSPS) is 13.1. The van der Waals surface area contributed by atoms with E-state index in [4.69, 9.17) is 14.6 Å². The molecule has 0 amide bonds. The van der Waals surface area contributed by atoms with Crippen molar-refractivity contribution >= 4 is 10.0 Å². The van der Waals surface area contributed by atoms with E-state index in [1.165, 1.54) is 14.2 Å². The highest BCUT2D eigenvalue weighted by Crippen LogP contribution is 2.31. The van der Waals surface area contributed by atoms with Crippen molar-refractivity contribution in [3.05, 3.63) is 17.9 Å². The zero-order valence-electron chi connectivity index (χ0n) is 11.5. The molecule has 114 valence electrons. The van der Waals surface area contributed by atoms with Gasteiger partial charge < -0.3 is 14.6 Å². The molecule has 1 aromatic rings. The van der Waals surface area contributed by atoms with Gasteiger partial charge in [0.15, 0.2) is 11.5 Å². The maximum atomic E-state index is 13.9.